The number of piperidine rings is 1. The van der Waals surface area contributed by atoms with Crippen LogP contribution in [0.1, 0.15) is 34.3 Å². The summed E-state index contributed by atoms with van der Waals surface area (Å²) in [6, 6.07) is 4.09. The van der Waals surface area contributed by atoms with E-state index in [-0.39, 0.29) is 17.7 Å². The molecule has 1 N–H and O–H groups in total. The molecule has 0 saturated carbocycles. The fraction of sp³-hybridized carbons (Fsp3) is 0.467. The number of anilines is 1. The molecule has 1 aromatic carbocycles. The van der Waals surface area contributed by atoms with Crippen LogP contribution in [-0.2, 0) is 4.79 Å². The van der Waals surface area contributed by atoms with E-state index in [1.807, 2.05) is 26.0 Å². The number of carbonyl (C=O) groups is 2. The molecule has 1 amide bonds. The molecule has 1 saturated heterocycles. The molecule has 2 heterocycles. The number of carbonyl (C=O) groups excluding carboxylic acids is 2. The fourth-order valence-corrected chi connectivity index (χ4v) is 3.18. The number of ketones is 1. The molecule has 4 nitrogen and oxygen atoms in total. The molecule has 0 atom stereocenters. The Morgan fingerprint density at radius 1 is 1.16 bits per heavy atom. The molecular formula is C15H18N2O2. The van der Waals surface area contributed by atoms with Gasteiger partial charge in [-0.05, 0) is 57.0 Å². The van der Waals surface area contributed by atoms with E-state index in [2.05, 4.69) is 5.32 Å². The normalized spacial score (nSPS) is 20.0. The minimum Gasteiger partial charge on any atom is -0.317 e. The van der Waals surface area contributed by atoms with E-state index >= 15 is 0 Å². The van der Waals surface area contributed by atoms with Gasteiger partial charge in [-0.25, -0.2) is 0 Å². The monoisotopic (exact) mass is 258 g/mol. The van der Waals surface area contributed by atoms with E-state index in [1.165, 1.54) is 0 Å². The van der Waals surface area contributed by atoms with E-state index in [1.54, 1.807) is 4.90 Å². The maximum absolute atomic E-state index is 12.3. The number of hydrogen-bond acceptors (Lipinski definition) is 3. The fourth-order valence-electron chi connectivity index (χ4n) is 3.18. The van der Waals surface area contributed by atoms with Crippen LogP contribution in [0.3, 0.4) is 0 Å². The zero-order valence-electron chi connectivity index (χ0n) is 11.3. The van der Waals surface area contributed by atoms with Crippen LogP contribution in [-0.4, -0.2) is 30.8 Å². The van der Waals surface area contributed by atoms with Crippen molar-refractivity contribution in [2.45, 2.75) is 32.7 Å². The van der Waals surface area contributed by atoms with Gasteiger partial charge in [0.2, 0.25) is 0 Å². The van der Waals surface area contributed by atoms with Crippen LogP contribution in [0.25, 0.3) is 0 Å². The van der Waals surface area contributed by atoms with E-state index in [4.69, 9.17) is 0 Å². The van der Waals surface area contributed by atoms with Crippen LogP contribution < -0.4 is 10.2 Å². The molecule has 0 aliphatic carbocycles. The molecule has 0 radical (unpaired) electrons. The molecule has 3 rings (SSSR count). The summed E-state index contributed by atoms with van der Waals surface area (Å²) in [5.41, 5.74) is 3.43. The average molecular weight is 258 g/mol. The third-order valence-corrected chi connectivity index (χ3v) is 4.03. The third kappa shape index (κ3) is 1.87. The highest BCUT2D eigenvalue weighted by molar-refractivity contribution is 6.52. The Morgan fingerprint density at radius 3 is 2.53 bits per heavy atom. The number of hydrogen-bond donors (Lipinski definition) is 1. The summed E-state index contributed by atoms with van der Waals surface area (Å²) in [4.78, 5) is 26.2. The maximum Gasteiger partial charge on any atom is 0.299 e. The molecule has 4 heteroatoms. The number of Topliss-reactive ketones (excluding diaryl/α,β-unsaturated/α-hetero) is 1. The van der Waals surface area contributed by atoms with Crippen molar-refractivity contribution in [2.24, 2.45) is 0 Å². The van der Waals surface area contributed by atoms with Crippen molar-refractivity contribution in [1.82, 2.24) is 5.32 Å². The first kappa shape index (κ1) is 12.4. The number of benzene rings is 1. The van der Waals surface area contributed by atoms with Crippen molar-refractivity contribution in [2.75, 3.05) is 18.0 Å². The lowest BCUT2D eigenvalue weighted by atomic mass is 10.0. The van der Waals surface area contributed by atoms with Crippen molar-refractivity contribution in [3.8, 4) is 0 Å². The van der Waals surface area contributed by atoms with Gasteiger partial charge in [0.1, 0.15) is 0 Å². The number of rotatable bonds is 1. The summed E-state index contributed by atoms with van der Waals surface area (Å²) in [6.07, 6.45) is 1.82. The summed E-state index contributed by atoms with van der Waals surface area (Å²) in [5.74, 6) is -0.693. The number of amides is 1. The van der Waals surface area contributed by atoms with Crippen LogP contribution in [0.4, 0.5) is 5.69 Å². The zero-order chi connectivity index (χ0) is 13.6. The summed E-state index contributed by atoms with van der Waals surface area (Å²) in [6.45, 7) is 5.72. The lowest BCUT2D eigenvalue weighted by Gasteiger charge is -2.31. The largest absolute Gasteiger partial charge is 0.317 e. The van der Waals surface area contributed by atoms with Crippen LogP contribution in [0, 0.1) is 13.8 Å². The Hall–Kier alpha value is -1.68. The van der Waals surface area contributed by atoms with Crippen LogP contribution in [0.2, 0.25) is 0 Å². The molecule has 1 fully saturated rings. The van der Waals surface area contributed by atoms with Gasteiger partial charge in [-0.2, -0.15) is 0 Å². The number of nitrogens with zero attached hydrogens (tertiary/aromatic N) is 1. The highest BCUT2D eigenvalue weighted by Gasteiger charge is 2.40. The molecule has 100 valence electrons. The molecular weight excluding hydrogens is 240 g/mol. The predicted molar refractivity (Wildman–Crippen MR) is 73.6 cm³/mol. The third-order valence-electron chi connectivity index (χ3n) is 4.03. The minimum absolute atomic E-state index is 0.153. The first-order chi connectivity index (χ1) is 9.09. The second kappa shape index (κ2) is 4.46. The van der Waals surface area contributed by atoms with E-state index < -0.39 is 0 Å². The number of aryl methyl sites for hydroxylation is 2. The topological polar surface area (TPSA) is 49.4 Å². The van der Waals surface area contributed by atoms with E-state index in [0.717, 1.165) is 42.7 Å². The molecule has 0 spiro atoms. The van der Waals surface area contributed by atoms with Gasteiger partial charge in [0.05, 0.1) is 11.3 Å². The maximum atomic E-state index is 12.3. The lowest BCUT2D eigenvalue weighted by molar-refractivity contribution is -0.114. The van der Waals surface area contributed by atoms with Crippen LogP contribution in [0.5, 0.6) is 0 Å². The van der Waals surface area contributed by atoms with Gasteiger partial charge < -0.3 is 10.2 Å². The number of fused-ring (bicyclic) bond motifs is 1. The summed E-state index contributed by atoms with van der Waals surface area (Å²) >= 11 is 0. The summed E-state index contributed by atoms with van der Waals surface area (Å²) < 4.78 is 0. The van der Waals surface area contributed by atoms with Crippen LogP contribution in [0.15, 0.2) is 12.1 Å². The van der Waals surface area contributed by atoms with Crippen molar-refractivity contribution in [3.63, 3.8) is 0 Å². The second-order valence-corrected chi connectivity index (χ2v) is 5.46. The quantitative estimate of drug-likeness (QED) is 0.778. The van der Waals surface area contributed by atoms with Gasteiger partial charge >= 0.3 is 0 Å². The van der Waals surface area contributed by atoms with Gasteiger partial charge in [-0.1, -0.05) is 6.07 Å². The summed E-state index contributed by atoms with van der Waals surface area (Å²) in [7, 11) is 0. The highest BCUT2D eigenvalue weighted by Crippen LogP contribution is 2.35. The Bertz CT molecular complexity index is 560. The van der Waals surface area contributed by atoms with Crippen molar-refractivity contribution < 1.29 is 9.59 Å². The first-order valence-electron chi connectivity index (χ1n) is 6.79. The molecule has 0 bridgehead atoms. The minimum atomic E-state index is -0.351. The Labute approximate surface area is 112 Å². The van der Waals surface area contributed by atoms with Gasteiger partial charge in [-0.15, -0.1) is 0 Å². The second-order valence-electron chi connectivity index (χ2n) is 5.46. The Balaban J connectivity index is 2.08. The molecule has 0 aromatic heterocycles. The molecule has 1 aromatic rings. The summed E-state index contributed by atoms with van der Waals surface area (Å²) in [5, 5.41) is 3.29. The SMILES string of the molecule is Cc1cc(C)c2c(c1)N(C1CCNCC1)C(=O)C2=O. The molecule has 0 unspecified atom stereocenters. The average Bonchev–Trinajstić information content (AvgIpc) is 2.63. The van der Waals surface area contributed by atoms with Crippen molar-refractivity contribution in [3.05, 3.63) is 28.8 Å². The van der Waals surface area contributed by atoms with Gasteiger partial charge in [0.15, 0.2) is 0 Å². The molecule has 2 aliphatic heterocycles. The van der Waals surface area contributed by atoms with Crippen molar-refractivity contribution in [1.29, 1.82) is 0 Å². The first-order valence-corrected chi connectivity index (χ1v) is 6.79. The standard InChI is InChI=1S/C15H18N2O2/c1-9-7-10(2)13-12(8-9)17(15(19)14(13)18)11-3-5-16-6-4-11/h7-8,11,16H,3-6H2,1-2H3. The predicted octanol–water partition coefficient (Wildman–Crippen LogP) is 1.58. The van der Waals surface area contributed by atoms with Crippen LogP contribution >= 0.6 is 0 Å². The molecule has 2 aliphatic rings. The highest BCUT2D eigenvalue weighted by atomic mass is 16.2. The molecule has 19 heavy (non-hydrogen) atoms. The lowest BCUT2D eigenvalue weighted by Crippen LogP contribution is -2.45. The van der Waals surface area contributed by atoms with E-state index in [0.29, 0.717) is 5.56 Å². The van der Waals surface area contributed by atoms with Gasteiger partial charge in [0, 0.05) is 6.04 Å². The number of nitrogens with one attached hydrogen (secondary N) is 1. The Kier molecular flexibility index (Phi) is 2.90. The van der Waals surface area contributed by atoms with Crippen molar-refractivity contribution >= 4 is 17.4 Å². The Morgan fingerprint density at radius 2 is 1.84 bits per heavy atom. The van der Waals surface area contributed by atoms with Gasteiger partial charge in [0.25, 0.3) is 11.7 Å². The smallest absolute Gasteiger partial charge is 0.299 e. The van der Waals surface area contributed by atoms with E-state index in [9.17, 15) is 9.59 Å². The zero-order valence-corrected chi connectivity index (χ0v) is 11.3. The van der Waals surface area contributed by atoms with Gasteiger partial charge in [-0.3, -0.25) is 9.59 Å².